The molecule has 0 aliphatic carbocycles. The highest BCUT2D eigenvalue weighted by molar-refractivity contribution is 6.14. The lowest BCUT2D eigenvalue weighted by atomic mass is 9.96. The van der Waals surface area contributed by atoms with Gasteiger partial charge in [-0.1, -0.05) is 127 Å². The first-order valence-electron chi connectivity index (χ1n) is 17.0. The molecule has 0 aliphatic rings. The van der Waals surface area contributed by atoms with Crippen molar-refractivity contribution in [2.45, 2.75) is 0 Å². The largest absolute Gasteiger partial charge is 0.456 e. The first-order valence-corrected chi connectivity index (χ1v) is 17.0. The van der Waals surface area contributed by atoms with Crippen LogP contribution in [-0.4, -0.2) is 15.0 Å². The molecule has 6 nitrogen and oxygen atoms in total. The number of rotatable bonds is 5. The van der Waals surface area contributed by atoms with E-state index in [2.05, 4.69) is 66.7 Å². The fraction of sp³-hybridized carbons (Fsp3) is 0. The van der Waals surface area contributed by atoms with Gasteiger partial charge in [0.25, 0.3) is 0 Å². The summed E-state index contributed by atoms with van der Waals surface area (Å²) in [5.74, 6) is 1.57. The molecule has 0 fully saturated rings. The summed E-state index contributed by atoms with van der Waals surface area (Å²) < 4.78 is 12.7. The zero-order valence-electron chi connectivity index (χ0n) is 27.6. The van der Waals surface area contributed by atoms with Gasteiger partial charge in [0, 0.05) is 38.2 Å². The van der Waals surface area contributed by atoms with E-state index in [1.807, 2.05) is 91.0 Å². The van der Waals surface area contributed by atoms with Crippen LogP contribution in [0, 0.1) is 11.3 Å². The molecule has 0 spiro atoms. The van der Waals surface area contributed by atoms with Gasteiger partial charge in [0.1, 0.15) is 22.8 Å². The lowest BCUT2D eigenvalue weighted by molar-refractivity contribution is 0.667. The Hall–Kier alpha value is -7.36. The molecule has 0 saturated carbocycles. The van der Waals surface area contributed by atoms with E-state index in [0.717, 1.165) is 60.5 Å². The predicted molar refractivity (Wildman–Crippen MR) is 206 cm³/mol. The standard InChI is InChI=1S/C46H26N4O2/c47-27-33-14-7-16-36-42-37(17-9-19-39(42)52-43(33)36)46-49-44(31-12-5-2-6-13-31)48-45(50-46)32-24-25-35-40(26-32)51-38-18-8-15-34(41(35)38)30-22-20-29(21-23-30)28-10-3-1-4-11-28/h1-26H. The molecule has 0 aliphatic heterocycles. The monoisotopic (exact) mass is 666 g/mol. The van der Waals surface area contributed by atoms with Crippen LogP contribution in [0.4, 0.5) is 0 Å². The number of fused-ring (bicyclic) bond motifs is 6. The van der Waals surface area contributed by atoms with E-state index in [-0.39, 0.29) is 0 Å². The van der Waals surface area contributed by atoms with Crippen molar-refractivity contribution >= 4 is 43.9 Å². The number of benzene rings is 7. The minimum absolute atomic E-state index is 0.479. The van der Waals surface area contributed by atoms with Gasteiger partial charge in [-0.2, -0.15) is 5.26 Å². The van der Waals surface area contributed by atoms with Crippen LogP contribution in [0.1, 0.15) is 5.56 Å². The Morgan fingerprint density at radius 3 is 1.73 bits per heavy atom. The van der Waals surface area contributed by atoms with Crippen molar-refractivity contribution in [3.05, 3.63) is 163 Å². The second kappa shape index (κ2) is 11.9. The summed E-state index contributed by atoms with van der Waals surface area (Å²) >= 11 is 0. The molecule has 0 atom stereocenters. The van der Waals surface area contributed by atoms with Crippen molar-refractivity contribution in [1.82, 2.24) is 15.0 Å². The summed E-state index contributed by atoms with van der Waals surface area (Å²) in [7, 11) is 0. The van der Waals surface area contributed by atoms with Crippen molar-refractivity contribution in [2.24, 2.45) is 0 Å². The molecule has 0 N–H and O–H groups in total. The van der Waals surface area contributed by atoms with Crippen molar-refractivity contribution in [3.63, 3.8) is 0 Å². The number of para-hydroxylation sites is 1. The van der Waals surface area contributed by atoms with Gasteiger partial charge >= 0.3 is 0 Å². The SMILES string of the molecule is N#Cc1cccc2c1oc1cccc(-c3nc(-c4ccccc4)nc(-c4ccc5c(c4)oc4cccc(-c6ccc(-c7ccccc7)cc6)c45)n3)c12. The fourth-order valence-electron chi connectivity index (χ4n) is 7.14. The number of nitrogens with zero attached hydrogens (tertiary/aromatic N) is 4. The van der Waals surface area contributed by atoms with Crippen molar-refractivity contribution in [2.75, 3.05) is 0 Å². The third-order valence-corrected chi connectivity index (χ3v) is 9.61. The van der Waals surface area contributed by atoms with E-state index < -0.39 is 0 Å². The molecule has 6 heteroatoms. The highest BCUT2D eigenvalue weighted by Crippen LogP contribution is 2.40. The van der Waals surface area contributed by atoms with E-state index in [4.69, 9.17) is 23.8 Å². The van der Waals surface area contributed by atoms with Crippen LogP contribution in [-0.2, 0) is 0 Å². The highest BCUT2D eigenvalue weighted by Gasteiger charge is 2.20. The Balaban J connectivity index is 1.12. The summed E-state index contributed by atoms with van der Waals surface area (Å²) in [6.45, 7) is 0. The van der Waals surface area contributed by atoms with Gasteiger partial charge in [-0.15, -0.1) is 0 Å². The number of hydrogen-bond acceptors (Lipinski definition) is 6. The summed E-state index contributed by atoms with van der Waals surface area (Å²) in [5.41, 5.74) is 10.3. The molecule has 10 aromatic rings. The van der Waals surface area contributed by atoms with Gasteiger partial charge in [-0.25, -0.2) is 15.0 Å². The Kier molecular flexibility index (Phi) is 6.76. The van der Waals surface area contributed by atoms with Crippen LogP contribution in [0.5, 0.6) is 0 Å². The molecule has 0 bridgehead atoms. The minimum Gasteiger partial charge on any atom is -0.456 e. The second-order valence-corrected chi connectivity index (χ2v) is 12.7. The maximum absolute atomic E-state index is 9.77. The minimum atomic E-state index is 0.479. The molecule has 10 rings (SSSR count). The first kappa shape index (κ1) is 29.5. The van der Waals surface area contributed by atoms with Gasteiger partial charge in [0.2, 0.25) is 0 Å². The molecule has 7 aromatic carbocycles. The average molecular weight is 667 g/mol. The molecule has 3 heterocycles. The van der Waals surface area contributed by atoms with Crippen molar-refractivity contribution in [1.29, 1.82) is 5.26 Å². The van der Waals surface area contributed by atoms with Crippen molar-refractivity contribution < 1.29 is 8.83 Å². The Labute approximate surface area is 297 Å². The van der Waals surface area contributed by atoms with Crippen LogP contribution < -0.4 is 0 Å². The third-order valence-electron chi connectivity index (χ3n) is 9.61. The predicted octanol–water partition coefficient (Wildman–Crippen LogP) is 11.9. The number of furan rings is 2. The number of nitriles is 1. The van der Waals surface area contributed by atoms with Gasteiger partial charge in [-0.3, -0.25) is 0 Å². The Morgan fingerprint density at radius 1 is 0.404 bits per heavy atom. The molecule has 0 amide bonds. The van der Waals surface area contributed by atoms with Crippen LogP contribution in [0.2, 0.25) is 0 Å². The molecule has 0 unspecified atom stereocenters. The normalized spacial score (nSPS) is 11.4. The van der Waals surface area contributed by atoms with Crippen LogP contribution in [0.15, 0.2) is 167 Å². The van der Waals surface area contributed by atoms with E-state index in [1.165, 1.54) is 11.1 Å². The van der Waals surface area contributed by atoms with Gasteiger partial charge in [-0.05, 0) is 52.6 Å². The quantitative estimate of drug-likeness (QED) is 0.182. The summed E-state index contributed by atoms with van der Waals surface area (Å²) in [6, 6.07) is 55.0. The average Bonchev–Trinajstić information content (AvgIpc) is 3.80. The molecule has 0 saturated heterocycles. The highest BCUT2D eigenvalue weighted by atomic mass is 16.3. The zero-order valence-corrected chi connectivity index (χ0v) is 27.6. The molecular weight excluding hydrogens is 641 g/mol. The summed E-state index contributed by atoms with van der Waals surface area (Å²) in [5, 5.41) is 13.5. The third kappa shape index (κ3) is 4.84. The number of aromatic nitrogens is 3. The van der Waals surface area contributed by atoms with Crippen LogP contribution in [0.25, 0.3) is 100 Å². The Bertz CT molecular complexity index is 3010. The van der Waals surface area contributed by atoms with E-state index >= 15 is 0 Å². The first-order chi connectivity index (χ1) is 25.7. The topological polar surface area (TPSA) is 88.7 Å². The summed E-state index contributed by atoms with van der Waals surface area (Å²) in [4.78, 5) is 15.0. The van der Waals surface area contributed by atoms with Gasteiger partial charge in [0.15, 0.2) is 23.1 Å². The fourth-order valence-corrected chi connectivity index (χ4v) is 7.14. The van der Waals surface area contributed by atoms with Gasteiger partial charge < -0.3 is 8.83 Å². The van der Waals surface area contributed by atoms with Crippen LogP contribution >= 0.6 is 0 Å². The van der Waals surface area contributed by atoms with Crippen molar-refractivity contribution in [3.8, 4) is 62.5 Å². The molecule has 242 valence electrons. The van der Waals surface area contributed by atoms with Crippen LogP contribution in [0.3, 0.4) is 0 Å². The molecule has 0 radical (unpaired) electrons. The maximum Gasteiger partial charge on any atom is 0.164 e. The van der Waals surface area contributed by atoms with E-state index in [9.17, 15) is 5.26 Å². The molecular formula is C46H26N4O2. The smallest absolute Gasteiger partial charge is 0.164 e. The number of hydrogen-bond donors (Lipinski definition) is 0. The zero-order chi connectivity index (χ0) is 34.6. The van der Waals surface area contributed by atoms with E-state index in [0.29, 0.717) is 34.2 Å². The lowest BCUT2D eigenvalue weighted by Gasteiger charge is -2.09. The summed E-state index contributed by atoms with van der Waals surface area (Å²) in [6.07, 6.45) is 0. The molecule has 52 heavy (non-hydrogen) atoms. The second-order valence-electron chi connectivity index (χ2n) is 12.7. The van der Waals surface area contributed by atoms with Gasteiger partial charge in [0.05, 0.1) is 5.56 Å². The molecule has 3 aromatic heterocycles. The maximum atomic E-state index is 9.77. The Morgan fingerprint density at radius 2 is 0.981 bits per heavy atom. The van der Waals surface area contributed by atoms with E-state index in [1.54, 1.807) is 6.07 Å². The lowest BCUT2D eigenvalue weighted by Crippen LogP contribution is -2.00.